The summed E-state index contributed by atoms with van der Waals surface area (Å²) in [6, 6.07) is 0. The summed E-state index contributed by atoms with van der Waals surface area (Å²) in [4.78, 5) is 53.3. The number of hydrogen-bond donors (Lipinski definition) is 0. The lowest BCUT2D eigenvalue weighted by Gasteiger charge is -2.25. The van der Waals surface area contributed by atoms with E-state index in [1.807, 2.05) is 0 Å². The van der Waals surface area contributed by atoms with Crippen LogP contribution in [0.2, 0.25) is 0 Å². The van der Waals surface area contributed by atoms with Crippen LogP contribution in [-0.2, 0) is 93.3 Å². The second-order valence-electron chi connectivity index (χ2n) is 28.1. The third-order valence-electron chi connectivity index (χ3n) is 17.6. The number of phosphoric ester groups is 2. The molecule has 0 saturated carbocycles. The van der Waals surface area contributed by atoms with Crippen molar-refractivity contribution in [3.05, 3.63) is 0 Å². The molecule has 97 heavy (non-hydrogen) atoms. The van der Waals surface area contributed by atoms with E-state index >= 15 is 0 Å². The first-order valence-corrected chi connectivity index (χ1v) is 42.2. The van der Waals surface area contributed by atoms with Gasteiger partial charge in [0.15, 0.2) is 30.6 Å². The predicted molar refractivity (Wildman–Crippen MR) is 382 cm³/mol. The summed E-state index contributed by atoms with van der Waals surface area (Å²) >= 11 is 0. The van der Waals surface area contributed by atoms with Gasteiger partial charge < -0.3 is 37.9 Å². The normalized spacial score (nSPS) is 17.8. The molecule has 20 nitrogen and oxygen atoms in total. The third kappa shape index (κ3) is 53.4. The van der Waals surface area contributed by atoms with Crippen molar-refractivity contribution in [3.8, 4) is 0 Å². The minimum atomic E-state index is -4.82. The molecule has 2 rings (SSSR count). The topological polar surface area (TPSA) is 232 Å². The Hall–Kier alpha value is -2.06. The van der Waals surface area contributed by atoms with Gasteiger partial charge >= 0.3 is 39.5 Å². The van der Waals surface area contributed by atoms with E-state index in [-0.39, 0.29) is 52.1 Å². The lowest BCUT2D eigenvalue weighted by atomic mass is 10.1. The van der Waals surface area contributed by atoms with Crippen molar-refractivity contribution in [2.45, 2.75) is 400 Å². The van der Waals surface area contributed by atoms with Gasteiger partial charge in [-0.1, -0.05) is 285 Å². The van der Waals surface area contributed by atoms with Crippen molar-refractivity contribution in [3.63, 3.8) is 0 Å². The summed E-state index contributed by atoms with van der Waals surface area (Å²) in [5.41, 5.74) is 0. The van der Waals surface area contributed by atoms with E-state index in [2.05, 4.69) is 27.7 Å². The van der Waals surface area contributed by atoms with Crippen molar-refractivity contribution < 1.29 is 93.3 Å². The standard InChI is InChI=1S/C75H142O20P2/c1-9-13-17-21-25-29-33-37-41-45-49-53-70(76)82-57-66(92-72(78)55-51-47-43-39-35-31-27-23-19-15-11-3)61-86-96(80,88-63-68-59-84-74(5,6)94-68)90-65-91-97(81,89-64-69-60-85-75(7,8)95-69)87-62-67(93-73(79)56-52-48-44-40-36-32-28-24-20-16-12-4)58-83-71(77)54-50-46-42-38-34-30-26-22-18-14-10-2/h66-69H,9-65H2,1-8H3/t66-,67-,68?,69?,96?,97?/m1/s1. The van der Waals surface area contributed by atoms with Crippen molar-refractivity contribution >= 4 is 39.5 Å². The lowest BCUT2D eigenvalue weighted by molar-refractivity contribution is -0.161. The van der Waals surface area contributed by atoms with Crippen LogP contribution in [0, 0.1) is 0 Å². The Morgan fingerprint density at radius 3 is 0.804 bits per heavy atom. The SMILES string of the molecule is CCCCCCCCCCCCCC(=O)OC[C@H](COP(=O)(OCOP(=O)(OCC1COC(C)(C)O1)OC[C@@H](COC(=O)CCCCCCCCCCCCC)OC(=O)CCCCCCCCCCCCC)OCC1COC(C)(C)O1)OC(=O)CCCCCCCCCCCCC. The summed E-state index contributed by atoms with van der Waals surface area (Å²) in [5, 5.41) is 0. The molecule has 2 saturated heterocycles. The fourth-order valence-corrected chi connectivity index (χ4v) is 14.0. The maximum atomic E-state index is 14.8. The molecule has 0 aromatic carbocycles. The van der Waals surface area contributed by atoms with E-state index < -0.39 is 109 Å². The van der Waals surface area contributed by atoms with Crippen molar-refractivity contribution in [2.75, 3.05) is 59.6 Å². The molecular formula is C75H142O20P2. The number of rotatable bonds is 70. The van der Waals surface area contributed by atoms with Crippen LogP contribution in [0.5, 0.6) is 0 Å². The number of phosphoric acid groups is 2. The van der Waals surface area contributed by atoms with Crippen LogP contribution >= 0.6 is 15.6 Å². The highest BCUT2D eigenvalue weighted by Gasteiger charge is 2.40. The molecular weight excluding hydrogens is 1280 g/mol. The zero-order valence-corrected chi connectivity index (χ0v) is 64.5. The van der Waals surface area contributed by atoms with Crippen LogP contribution < -0.4 is 0 Å². The van der Waals surface area contributed by atoms with E-state index in [0.717, 1.165) is 89.9 Å². The molecule has 0 radical (unpaired) electrons. The van der Waals surface area contributed by atoms with Crippen molar-refractivity contribution in [2.24, 2.45) is 0 Å². The average Bonchev–Trinajstić information content (AvgIpc) is 1.80. The summed E-state index contributed by atoms with van der Waals surface area (Å²) in [7, 11) is -9.63. The minimum Gasteiger partial charge on any atom is -0.462 e. The van der Waals surface area contributed by atoms with Crippen molar-refractivity contribution in [1.29, 1.82) is 0 Å². The summed E-state index contributed by atoms with van der Waals surface area (Å²) < 4.78 is 111. The summed E-state index contributed by atoms with van der Waals surface area (Å²) in [6.07, 6.45) is 45.8. The molecule has 0 aromatic heterocycles. The smallest absolute Gasteiger partial charge is 0.462 e. The van der Waals surface area contributed by atoms with E-state index in [1.165, 1.54) is 167 Å². The fraction of sp³-hybridized carbons (Fsp3) is 0.947. The molecule has 0 spiro atoms. The van der Waals surface area contributed by atoms with Crippen LogP contribution in [0.4, 0.5) is 0 Å². The third-order valence-corrected chi connectivity index (χ3v) is 20.3. The number of unbranched alkanes of at least 4 members (excludes halogenated alkanes) is 40. The lowest BCUT2D eigenvalue weighted by Crippen LogP contribution is -2.30. The maximum Gasteiger partial charge on any atom is 0.477 e. The summed E-state index contributed by atoms with van der Waals surface area (Å²) in [5.74, 6) is -3.97. The van der Waals surface area contributed by atoms with Gasteiger partial charge in [0, 0.05) is 25.7 Å². The van der Waals surface area contributed by atoms with Gasteiger partial charge in [-0.2, -0.15) is 0 Å². The minimum absolute atomic E-state index is 0.0816. The van der Waals surface area contributed by atoms with Crippen LogP contribution in [0.15, 0.2) is 0 Å². The van der Waals surface area contributed by atoms with Crippen LogP contribution in [0.3, 0.4) is 0 Å². The zero-order valence-electron chi connectivity index (χ0n) is 62.7. The largest absolute Gasteiger partial charge is 0.477 e. The Bertz CT molecular complexity index is 1890. The highest BCUT2D eigenvalue weighted by Crippen LogP contribution is 2.54. The van der Waals surface area contributed by atoms with Gasteiger partial charge in [0.2, 0.25) is 0 Å². The molecule has 2 aliphatic rings. The Balaban J connectivity index is 2.27. The molecule has 22 heteroatoms. The Morgan fingerprint density at radius 2 is 0.567 bits per heavy atom. The quantitative estimate of drug-likeness (QED) is 0.0181. The molecule has 572 valence electrons. The van der Waals surface area contributed by atoms with Gasteiger partial charge in [-0.3, -0.25) is 46.3 Å². The molecule has 0 bridgehead atoms. The van der Waals surface area contributed by atoms with E-state index in [1.54, 1.807) is 27.7 Å². The molecule has 0 aromatic rings. The van der Waals surface area contributed by atoms with E-state index in [4.69, 9.17) is 65.0 Å². The Labute approximate surface area is 589 Å². The average molecular weight is 1430 g/mol. The molecule has 0 N–H and O–H groups in total. The highest BCUT2D eigenvalue weighted by atomic mass is 31.2. The number of carbonyl (C=O) groups excluding carboxylic acids is 4. The molecule has 6 atom stereocenters. The van der Waals surface area contributed by atoms with Crippen LogP contribution in [0.1, 0.15) is 364 Å². The monoisotopic (exact) mass is 1420 g/mol. The number of hydrogen-bond acceptors (Lipinski definition) is 20. The van der Waals surface area contributed by atoms with Crippen LogP contribution in [-0.4, -0.2) is 120 Å². The van der Waals surface area contributed by atoms with Gasteiger partial charge in [-0.05, 0) is 53.4 Å². The fourth-order valence-electron chi connectivity index (χ4n) is 11.7. The van der Waals surface area contributed by atoms with Gasteiger partial charge in [0.1, 0.15) is 25.4 Å². The second-order valence-corrected chi connectivity index (χ2v) is 31.4. The van der Waals surface area contributed by atoms with E-state index in [9.17, 15) is 28.3 Å². The van der Waals surface area contributed by atoms with Gasteiger partial charge in [0.05, 0.1) is 39.6 Å². The first-order valence-electron chi connectivity index (χ1n) is 39.2. The first-order chi connectivity index (χ1) is 46.8. The van der Waals surface area contributed by atoms with Crippen LogP contribution in [0.25, 0.3) is 0 Å². The van der Waals surface area contributed by atoms with Gasteiger partial charge in [0.25, 0.3) is 0 Å². The second kappa shape index (κ2) is 59.3. The number of esters is 4. The molecule has 2 aliphatic heterocycles. The summed E-state index contributed by atoms with van der Waals surface area (Å²) in [6.45, 7) is 12.1. The number of carbonyl (C=O) groups is 4. The predicted octanol–water partition coefficient (Wildman–Crippen LogP) is 21.3. The highest BCUT2D eigenvalue weighted by molar-refractivity contribution is 7.49. The van der Waals surface area contributed by atoms with Crippen molar-refractivity contribution in [1.82, 2.24) is 0 Å². The van der Waals surface area contributed by atoms with E-state index in [0.29, 0.717) is 25.7 Å². The zero-order chi connectivity index (χ0) is 70.8. The number of ether oxygens (including phenoxy) is 8. The Morgan fingerprint density at radius 1 is 0.330 bits per heavy atom. The maximum absolute atomic E-state index is 14.8. The molecule has 0 amide bonds. The molecule has 0 aliphatic carbocycles. The first kappa shape index (κ1) is 91.0. The molecule has 2 heterocycles. The van der Waals surface area contributed by atoms with Gasteiger partial charge in [-0.15, -0.1) is 0 Å². The molecule has 2 fully saturated rings. The molecule has 4 unspecified atom stereocenters. The van der Waals surface area contributed by atoms with Gasteiger partial charge in [-0.25, -0.2) is 9.13 Å². The Kier molecular flexibility index (Phi) is 55.7.